The number of aromatic nitrogens is 2. The molecule has 0 atom stereocenters. The van der Waals surface area contributed by atoms with Crippen LogP contribution in [-0.4, -0.2) is 16.0 Å². The number of H-pyrrole nitrogens is 1. The molecule has 2 aromatic carbocycles. The Bertz CT molecular complexity index is 996. The number of anilines is 1. The number of benzene rings is 2. The minimum atomic E-state index is -0.449. The summed E-state index contributed by atoms with van der Waals surface area (Å²) in [5.74, 6) is -0.112. The van der Waals surface area contributed by atoms with Crippen LogP contribution in [0.15, 0.2) is 46.0 Å². The van der Waals surface area contributed by atoms with Crippen molar-refractivity contribution in [3.63, 3.8) is 0 Å². The Kier molecular flexibility index (Phi) is 3.66. The van der Waals surface area contributed by atoms with Crippen molar-refractivity contribution in [1.29, 1.82) is 0 Å². The summed E-state index contributed by atoms with van der Waals surface area (Å²) in [5.41, 5.74) is 4.44. The molecule has 4 nitrogen and oxygen atoms in total. The third-order valence-electron chi connectivity index (χ3n) is 3.83. The van der Waals surface area contributed by atoms with E-state index >= 15 is 0 Å². The average molecular weight is 406 g/mol. The maximum atomic E-state index is 14.4. The van der Waals surface area contributed by atoms with Gasteiger partial charge in [0.1, 0.15) is 11.7 Å². The van der Waals surface area contributed by atoms with E-state index in [1.807, 2.05) is 25.1 Å². The molecule has 0 fully saturated rings. The first-order valence-corrected chi connectivity index (χ1v) is 8.35. The number of hydrogen-bond donors (Lipinski definition) is 2. The number of aromatic amines is 1. The molecule has 24 heavy (non-hydrogen) atoms. The second kappa shape index (κ2) is 5.72. The number of nitrogens with zero attached hydrogens (tertiary/aromatic N) is 2. The molecular formula is C17H11BrClFN4. The Labute approximate surface area is 150 Å². The molecule has 0 saturated carbocycles. The Morgan fingerprint density at radius 2 is 2.04 bits per heavy atom. The summed E-state index contributed by atoms with van der Waals surface area (Å²) >= 11 is 9.64. The summed E-state index contributed by atoms with van der Waals surface area (Å²) in [5, 5.41) is 10.5. The third-order valence-corrected chi connectivity index (χ3v) is 5.11. The Hall–Kier alpha value is -2.18. The van der Waals surface area contributed by atoms with Gasteiger partial charge in [-0.25, -0.2) is 9.38 Å². The summed E-state index contributed by atoms with van der Waals surface area (Å²) in [6.07, 6.45) is 1.64. The molecule has 0 saturated heterocycles. The van der Waals surface area contributed by atoms with Crippen molar-refractivity contribution in [2.75, 3.05) is 5.32 Å². The standard InChI is InChI=1S/C17H11BrClFN4/c1-8-2-5-12-9(6-8)16-13(7-21-24-16)23-17(22-12)14-11(20)4-3-10(18)15(14)19/h2-7H,1H3,(H,21,24)(H,22,23). The van der Waals surface area contributed by atoms with Crippen molar-refractivity contribution in [3.05, 3.63) is 63.0 Å². The number of fused-ring (bicyclic) bond motifs is 3. The monoisotopic (exact) mass is 404 g/mol. The fourth-order valence-corrected chi connectivity index (χ4v) is 3.25. The lowest BCUT2D eigenvalue weighted by molar-refractivity contribution is 0.625. The highest BCUT2D eigenvalue weighted by atomic mass is 79.9. The molecule has 3 aromatic rings. The largest absolute Gasteiger partial charge is 0.336 e. The molecule has 1 aromatic heterocycles. The van der Waals surface area contributed by atoms with E-state index in [4.69, 9.17) is 11.6 Å². The zero-order valence-electron chi connectivity index (χ0n) is 12.5. The van der Waals surface area contributed by atoms with Gasteiger partial charge in [0.05, 0.1) is 33.9 Å². The van der Waals surface area contributed by atoms with E-state index in [2.05, 4.69) is 36.4 Å². The smallest absolute Gasteiger partial charge is 0.143 e. The molecule has 120 valence electrons. The molecule has 0 bridgehead atoms. The number of rotatable bonds is 1. The number of amidine groups is 1. The van der Waals surface area contributed by atoms with Crippen LogP contribution in [0.4, 0.5) is 15.8 Å². The van der Waals surface area contributed by atoms with Gasteiger partial charge in [-0.3, -0.25) is 5.10 Å². The Morgan fingerprint density at radius 3 is 2.88 bits per heavy atom. The van der Waals surface area contributed by atoms with Gasteiger partial charge >= 0.3 is 0 Å². The molecule has 1 aliphatic rings. The molecule has 0 unspecified atom stereocenters. The minimum absolute atomic E-state index is 0.214. The van der Waals surface area contributed by atoms with Crippen LogP contribution < -0.4 is 5.32 Å². The van der Waals surface area contributed by atoms with E-state index in [0.29, 0.717) is 21.7 Å². The minimum Gasteiger partial charge on any atom is -0.336 e. The number of nitrogens with one attached hydrogen (secondary N) is 2. The predicted octanol–water partition coefficient (Wildman–Crippen LogP) is 5.44. The highest BCUT2D eigenvalue weighted by Gasteiger charge is 2.23. The lowest BCUT2D eigenvalue weighted by atomic mass is 10.1. The van der Waals surface area contributed by atoms with Crippen LogP contribution >= 0.6 is 27.5 Å². The van der Waals surface area contributed by atoms with Crippen LogP contribution in [0, 0.1) is 12.7 Å². The van der Waals surface area contributed by atoms with E-state index < -0.39 is 5.82 Å². The molecule has 4 rings (SSSR count). The van der Waals surface area contributed by atoms with Gasteiger partial charge in [-0.2, -0.15) is 5.10 Å². The van der Waals surface area contributed by atoms with Crippen LogP contribution in [0.5, 0.6) is 0 Å². The van der Waals surface area contributed by atoms with E-state index in [9.17, 15) is 4.39 Å². The van der Waals surface area contributed by atoms with E-state index in [-0.39, 0.29) is 10.6 Å². The summed E-state index contributed by atoms with van der Waals surface area (Å²) < 4.78 is 15.0. The fourth-order valence-electron chi connectivity index (χ4n) is 2.67. The van der Waals surface area contributed by atoms with Gasteiger partial charge in [0.15, 0.2) is 0 Å². The average Bonchev–Trinajstić information content (AvgIpc) is 2.95. The van der Waals surface area contributed by atoms with Crippen molar-refractivity contribution in [2.24, 2.45) is 4.99 Å². The zero-order chi connectivity index (χ0) is 16.8. The predicted molar refractivity (Wildman–Crippen MR) is 97.7 cm³/mol. The van der Waals surface area contributed by atoms with Crippen molar-refractivity contribution in [3.8, 4) is 11.3 Å². The van der Waals surface area contributed by atoms with Crippen molar-refractivity contribution in [1.82, 2.24) is 10.2 Å². The molecule has 0 radical (unpaired) electrons. The Balaban J connectivity index is 2.00. The maximum absolute atomic E-state index is 14.4. The first-order valence-electron chi connectivity index (χ1n) is 7.18. The maximum Gasteiger partial charge on any atom is 0.143 e. The van der Waals surface area contributed by atoms with Crippen LogP contribution in [0.1, 0.15) is 11.1 Å². The normalized spacial score (nSPS) is 12.8. The van der Waals surface area contributed by atoms with Gasteiger partial charge in [0.2, 0.25) is 0 Å². The van der Waals surface area contributed by atoms with Gasteiger partial charge in [0, 0.05) is 10.0 Å². The van der Waals surface area contributed by atoms with Crippen molar-refractivity contribution >= 4 is 44.7 Å². The van der Waals surface area contributed by atoms with E-state index in [1.54, 1.807) is 12.3 Å². The Morgan fingerprint density at radius 1 is 1.21 bits per heavy atom. The summed E-state index contributed by atoms with van der Waals surface area (Å²) in [4.78, 5) is 4.61. The topological polar surface area (TPSA) is 53.1 Å². The number of halogens is 3. The molecule has 0 aliphatic carbocycles. The number of aliphatic imine (C=N–C) groups is 1. The van der Waals surface area contributed by atoms with Crippen LogP contribution in [0.25, 0.3) is 11.3 Å². The molecule has 2 N–H and O–H groups in total. The molecule has 7 heteroatoms. The lowest BCUT2D eigenvalue weighted by Gasteiger charge is -2.11. The zero-order valence-corrected chi connectivity index (χ0v) is 14.8. The van der Waals surface area contributed by atoms with Gasteiger partial charge in [-0.05, 0) is 47.1 Å². The fraction of sp³-hybridized carbons (Fsp3) is 0.0588. The van der Waals surface area contributed by atoms with E-state index in [0.717, 1.165) is 16.8 Å². The van der Waals surface area contributed by atoms with Gasteiger partial charge in [-0.15, -0.1) is 0 Å². The van der Waals surface area contributed by atoms with Crippen LogP contribution in [0.2, 0.25) is 5.02 Å². The number of aryl methyl sites for hydroxylation is 1. The highest BCUT2D eigenvalue weighted by molar-refractivity contribution is 9.10. The van der Waals surface area contributed by atoms with Crippen molar-refractivity contribution in [2.45, 2.75) is 6.92 Å². The first kappa shape index (κ1) is 15.4. The van der Waals surface area contributed by atoms with Crippen LogP contribution in [0.3, 0.4) is 0 Å². The van der Waals surface area contributed by atoms with Gasteiger partial charge in [0.25, 0.3) is 0 Å². The molecular weight excluding hydrogens is 395 g/mol. The summed E-state index contributed by atoms with van der Waals surface area (Å²) in [6, 6.07) is 8.79. The quantitative estimate of drug-likeness (QED) is 0.529. The van der Waals surface area contributed by atoms with E-state index in [1.165, 1.54) is 6.07 Å². The third kappa shape index (κ3) is 2.42. The molecule has 0 amide bonds. The van der Waals surface area contributed by atoms with Gasteiger partial charge < -0.3 is 5.32 Å². The SMILES string of the molecule is Cc1ccc2c(c1)-c1[nH]ncc1NC(c1c(F)ccc(Br)c1Cl)=N2. The van der Waals surface area contributed by atoms with Crippen LogP contribution in [-0.2, 0) is 0 Å². The second-order valence-electron chi connectivity index (χ2n) is 5.48. The van der Waals surface area contributed by atoms with Crippen molar-refractivity contribution < 1.29 is 4.39 Å². The summed E-state index contributed by atoms with van der Waals surface area (Å²) in [7, 11) is 0. The number of hydrogen-bond acceptors (Lipinski definition) is 3. The molecule has 1 aliphatic heterocycles. The highest BCUT2D eigenvalue weighted by Crippen LogP contribution is 2.39. The molecule has 2 heterocycles. The second-order valence-corrected chi connectivity index (χ2v) is 6.72. The van der Waals surface area contributed by atoms with Gasteiger partial charge in [-0.1, -0.05) is 23.2 Å². The summed E-state index contributed by atoms with van der Waals surface area (Å²) in [6.45, 7) is 2.00. The first-order chi connectivity index (χ1) is 11.5. The lowest BCUT2D eigenvalue weighted by Crippen LogP contribution is -2.15. The molecule has 0 spiro atoms.